The zero-order chi connectivity index (χ0) is 17.1. The fourth-order valence-corrected chi connectivity index (χ4v) is 3.82. The number of benzene rings is 1. The van der Waals surface area contributed by atoms with Crippen LogP contribution in [0.15, 0.2) is 40.9 Å². The third-order valence-corrected chi connectivity index (χ3v) is 5.76. The third kappa shape index (κ3) is 3.73. The number of ketones is 1. The number of aryl methyl sites for hydroxylation is 2. The van der Waals surface area contributed by atoms with E-state index in [9.17, 15) is 4.79 Å². The molecule has 0 saturated heterocycles. The van der Waals surface area contributed by atoms with Gasteiger partial charge in [-0.15, -0.1) is 16.4 Å². The van der Waals surface area contributed by atoms with E-state index in [-0.39, 0.29) is 11.0 Å². The van der Waals surface area contributed by atoms with Crippen LogP contribution in [0.5, 0.6) is 0 Å². The van der Waals surface area contributed by atoms with Crippen LogP contribution >= 0.6 is 23.1 Å². The van der Waals surface area contributed by atoms with E-state index in [1.54, 1.807) is 16.0 Å². The van der Waals surface area contributed by atoms with E-state index in [1.165, 1.54) is 22.2 Å². The lowest BCUT2D eigenvalue weighted by Gasteiger charge is -2.11. The van der Waals surface area contributed by atoms with Crippen LogP contribution in [0.2, 0.25) is 0 Å². The number of hydrogen-bond donors (Lipinski definition) is 0. The third-order valence-electron chi connectivity index (χ3n) is 3.83. The number of hydrogen-bond acceptors (Lipinski definition) is 6. The Balaban J connectivity index is 1.72. The van der Waals surface area contributed by atoms with Gasteiger partial charge in [0.25, 0.3) is 0 Å². The number of carbonyl (C=O) groups excluding carboxylic acids is 1. The van der Waals surface area contributed by atoms with E-state index < -0.39 is 0 Å². The van der Waals surface area contributed by atoms with Gasteiger partial charge in [0.2, 0.25) is 5.16 Å². The first kappa shape index (κ1) is 16.9. The van der Waals surface area contributed by atoms with Crippen molar-refractivity contribution in [2.75, 3.05) is 0 Å². The number of thiophene rings is 1. The summed E-state index contributed by atoms with van der Waals surface area (Å²) in [5.41, 5.74) is 3.04. The van der Waals surface area contributed by atoms with Gasteiger partial charge in [-0.2, -0.15) is 0 Å². The molecular formula is C17H18N4OS2. The minimum Gasteiger partial charge on any atom is -0.293 e. The number of rotatable bonds is 6. The first-order valence-corrected chi connectivity index (χ1v) is 9.37. The van der Waals surface area contributed by atoms with Gasteiger partial charge in [0.05, 0.1) is 11.8 Å². The second-order valence-electron chi connectivity index (χ2n) is 5.62. The number of nitrogens with zero attached hydrogens (tertiary/aromatic N) is 4. The molecule has 1 aromatic carbocycles. The highest BCUT2D eigenvalue weighted by Crippen LogP contribution is 2.25. The van der Waals surface area contributed by atoms with Crippen LogP contribution < -0.4 is 0 Å². The van der Waals surface area contributed by atoms with Gasteiger partial charge in [0.15, 0.2) is 5.78 Å². The lowest BCUT2D eigenvalue weighted by atomic mass is 10.0. The van der Waals surface area contributed by atoms with E-state index in [2.05, 4.69) is 15.5 Å². The van der Waals surface area contributed by atoms with Crippen molar-refractivity contribution in [3.63, 3.8) is 0 Å². The number of aromatic nitrogens is 4. The maximum atomic E-state index is 12.7. The Morgan fingerprint density at radius 2 is 2.12 bits per heavy atom. The smallest absolute Gasteiger partial charge is 0.210 e. The number of thioether (sulfide) groups is 1. The Labute approximate surface area is 149 Å². The highest BCUT2D eigenvalue weighted by atomic mass is 32.2. The molecule has 0 saturated carbocycles. The summed E-state index contributed by atoms with van der Waals surface area (Å²) in [4.78, 5) is 13.8. The molecule has 0 fully saturated rings. The molecule has 0 N–H and O–H groups in total. The van der Waals surface area contributed by atoms with Crippen molar-refractivity contribution in [3.05, 3.63) is 57.3 Å². The standard InChI is InChI=1S/C17H18N4OS2/c1-11-6-7-14(9-12(11)2)16(22)13(3)24-17-18-19-20-21(17)10-15-5-4-8-23-15/h4-9,13H,10H2,1-3H3. The summed E-state index contributed by atoms with van der Waals surface area (Å²) in [6.45, 7) is 6.58. The average molecular weight is 358 g/mol. The van der Waals surface area contributed by atoms with Crippen molar-refractivity contribution in [1.29, 1.82) is 0 Å². The first-order valence-electron chi connectivity index (χ1n) is 7.61. The van der Waals surface area contributed by atoms with E-state index in [1.807, 2.05) is 56.5 Å². The van der Waals surface area contributed by atoms with Crippen LogP contribution in [-0.2, 0) is 6.54 Å². The molecule has 1 unspecified atom stereocenters. The predicted octanol–water partition coefficient (Wildman–Crippen LogP) is 3.76. The topological polar surface area (TPSA) is 60.7 Å². The van der Waals surface area contributed by atoms with Gasteiger partial charge in [0, 0.05) is 10.4 Å². The quantitative estimate of drug-likeness (QED) is 0.496. The van der Waals surface area contributed by atoms with Gasteiger partial charge >= 0.3 is 0 Å². The fraction of sp³-hybridized carbons (Fsp3) is 0.294. The summed E-state index contributed by atoms with van der Waals surface area (Å²) >= 11 is 3.06. The maximum absolute atomic E-state index is 12.7. The van der Waals surface area contributed by atoms with Gasteiger partial charge in [-0.1, -0.05) is 30.0 Å². The van der Waals surface area contributed by atoms with E-state index in [4.69, 9.17) is 0 Å². The van der Waals surface area contributed by atoms with E-state index in [0.717, 1.165) is 11.1 Å². The highest BCUT2D eigenvalue weighted by molar-refractivity contribution is 8.00. The Kier molecular flexibility index (Phi) is 5.11. The summed E-state index contributed by atoms with van der Waals surface area (Å²) in [6, 6.07) is 9.87. The molecule has 0 aliphatic heterocycles. The van der Waals surface area contributed by atoms with Crippen LogP contribution in [0.1, 0.15) is 33.3 Å². The van der Waals surface area contributed by atoms with Crippen LogP contribution in [0.25, 0.3) is 0 Å². The minimum atomic E-state index is -0.250. The summed E-state index contributed by atoms with van der Waals surface area (Å²) in [7, 11) is 0. The Morgan fingerprint density at radius 3 is 2.83 bits per heavy atom. The molecular weight excluding hydrogens is 340 g/mol. The Morgan fingerprint density at radius 1 is 1.29 bits per heavy atom. The van der Waals surface area contributed by atoms with Gasteiger partial charge in [-0.3, -0.25) is 4.79 Å². The summed E-state index contributed by atoms with van der Waals surface area (Å²) < 4.78 is 1.74. The molecule has 2 heterocycles. The van der Waals surface area contributed by atoms with Crippen molar-refractivity contribution in [2.24, 2.45) is 0 Å². The minimum absolute atomic E-state index is 0.0915. The van der Waals surface area contributed by atoms with Crippen molar-refractivity contribution in [1.82, 2.24) is 20.2 Å². The molecule has 0 aliphatic carbocycles. The number of carbonyl (C=O) groups is 1. The van der Waals surface area contributed by atoms with Gasteiger partial charge in [0.1, 0.15) is 0 Å². The van der Waals surface area contributed by atoms with Crippen LogP contribution in [0.4, 0.5) is 0 Å². The molecule has 3 aromatic rings. The molecule has 0 aliphatic rings. The second-order valence-corrected chi connectivity index (χ2v) is 7.96. The largest absolute Gasteiger partial charge is 0.293 e. The Bertz CT molecular complexity index is 842. The van der Waals surface area contributed by atoms with E-state index >= 15 is 0 Å². The predicted molar refractivity (Wildman–Crippen MR) is 96.8 cm³/mol. The van der Waals surface area contributed by atoms with E-state index in [0.29, 0.717) is 11.7 Å². The van der Waals surface area contributed by atoms with Crippen molar-refractivity contribution in [2.45, 2.75) is 37.7 Å². The average Bonchev–Trinajstić information content (AvgIpc) is 3.22. The highest BCUT2D eigenvalue weighted by Gasteiger charge is 2.20. The molecule has 1 atom stereocenters. The molecule has 7 heteroatoms. The SMILES string of the molecule is Cc1ccc(C(=O)C(C)Sc2nnnn2Cc2cccs2)cc1C. The Hall–Kier alpha value is -1.99. The lowest BCUT2D eigenvalue weighted by Crippen LogP contribution is -2.15. The molecule has 3 rings (SSSR count). The molecule has 0 radical (unpaired) electrons. The monoisotopic (exact) mass is 358 g/mol. The van der Waals surface area contributed by atoms with Crippen molar-refractivity contribution < 1.29 is 4.79 Å². The second kappa shape index (κ2) is 7.27. The van der Waals surface area contributed by atoms with Gasteiger partial charge < -0.3 is 0 Å². The first-order chi connectivity index (χ1) is 11.5. The summed E-state index contributed by atoms with van der Waals surface area (Å²) in [6.07, 6.45) is 0. The maximum Gasteiger partial charge on any atom is 0.210 e. The fourth-order valence-electron chi connectivity index (χ4n) is 2.27. The normalized spacial score (nSPS) is 12.3. The van der Waals surface area contributed by atoms with Crippen LogP contribution in [0, 0.1) is 13.8 Å². The summed E-state index contributed by atoms with van der Waals surface area (Å²) in [5.74, 6) is 0.0915. The zero-order valence-corrected chi connectivity index (χ0v) is 15.4. The van der Waals surface area contributed by atoms with Crippen molar-refractivity contribution in [3.8, 4) is 0 Å². The molecule has 2 aromatic heterocycles. The molecule has 0 bridgehead atoms. The van der Waals surface area contributed by atoms with Gasteiger partial charge in [-0.25, -0.2) is 4.68 Å². The lowest BCUT2D eigenvalue weighted by molar-refractivity contribution is 0.0993. The summed E-state index contributed by atoms with van der Waals surface area (Å²) in [5, 5.41) is 14.3. The molecule has 124 valence electrons. The molecule has 5 nitrogen and oxygen atoms in total. The molecule has 0 amide bonds. The molecule has 0 spiro atoms. The number of tetrazole rings is 1. The van der Waals surface area contributed by atoms with Gasteiger partial charge in [-0.05, 0) is 59.8 Å². The van der Waals surface area contributed by atoms with Crippen molar-refractivity contribution >= 4 is 28.9 Å². The van der Waals surface area contributed by atoms with Crippen LogP contribution in [0.3, 0.4) is 0 Å². The zero-order valence-electron chi connectivity index (χ0n) is 13.8. The number of Topliss-reactive ketones (excluding diaryl/α,β-unsaturated/α-hetero) is 1. The molecule has 24 heavy (non-hydrogen) atoms. The van der Waals surface area contributed by atoms with Crippen LogP contribution in [-0.4, -0.2) is 31.2 Å².